The monoisotopic (exact) mass is 305 g/mol. The van der Waals surface area contributed by atoms with E-state index >= 15 is 0 Å². The van der Waals surface area contributed by atoms with Crippen LogP contribution in [0, 0.1) is 24.7 Å². The van der Waals surface area contributed by atoms with Gasteiger partial charge in [-0.25, -0.2) is 4.98 Å². The fourth-order valence-electron chi connectivity index (χ4n) is 5.17. The van der Waals surface area contributed by atoms with Crippen LogP contribution in [-0.4, -0.2) is 23.0 Å². The molecule has 0 saturated heterocycles. The zero-order valence-corrected chi connectivity index (χ0v) is 13.3. The van der Waals surface area contributed by atoms with Gasteiger partial charge in [-0.3, -0.25) is 4.79 Å². The highest BCUT2D eigenvalue weighted by atomic mass is 32.1. The lowest BCUT2D eigenvalue weighted by Gasteiger charge is -2.57. The number of hydrogen-bond acceptors (Lipinski definition) is 4. The number of carbonyl (C=O) groups is 1. The molecule has 21 heavy (non-hydrogen) atoms. The third kappa shape index (κ3) is 2.73. The average Bonchev–Trinajstić information content (AvgIpc) is 2.80. The lowest BCUT2D eigenvalue weighted by atomic mass is 9.53. The zero-order valence-electron chi connectivity index (χ0n) is 12.5. The van der Waals surface area contributed by atoms with E-state index in [2.05, 4.69) is 15.6 Å². The van der Waals surface area contributed by atoms with E-state index < -0.39 is 0 Å². The molecule has 114 valence electrons. The fourth-order valence-corrected chi connectivity index (χ4v) is 5.87. The summed E-state index contributed by atoms with van der Waals surface area (Å²) in [6.07, 6.45) is 8.15. The van der Waals surface area contributed by atoms with Crippen LogP contribution in [0.2, 0.25) is 0 Å². The molecule has 0 radical (unpaired) electrons. The van der Waals surface area contributed by atoms with Crippen LogP contribution in [0.15, 0.2) is 5.38 Å². The lowest BCUT2D eigenvalue weighted by molar-refractivity contribution is -0.116. The van der Waals surface area contributed by atoms with Crippen LogP contribution in [0.25, 0.3) is 0 Å². The number of hydrogen-bond donors (Lipinski definition) is 2. The molecule has 4 nitrogen and oxygen atoms in total. The number of aromatic nitrogens is 1. The fraction of sp³-hybridized carbons (Fsp3) is 0.750. The van der Waals surface area contributed by atoms with Crippen molar-refractivity contribution < 1.29 is 4.79 Å². The summed E-state index contributed by atoms with van der Waals surface area (Å²) < 4.78 is 0. The molecule has 5 rings (SSSR count). The maximum Gasteiger partial charge on any atom is 0.240 e. The molecule has 5 heteroatoms. The van der Waals surface area contributed by atoms with Crippen molar-refractivity contribution in [2.24, 2.45) is 17.8 Å². The van der Waals surface area contributed by atoms with Gasteiger partial charge in [0, 0.05) is 10.9 Å². The Morgan fingerprint density at radius 2 is 1.90 bits per heavy atom. The minimum absolute atomic E-state index is 0.0418. The Hall–Kier alpha value is -0.940. The summed E-state index contributed by atoms with van der Waals surface area (Å²) in [5.74, 6) is 2.77. The van der Waals surface area contributed by atoms with Crippen LogP contribution < -0.4 is 10.6 Å². The highest BCUT2D eigenvalue weighted by Crippen LogP contribution is 2.55. The molecule has 0 atom stereocenters. The van der Waals surface area contributed by atoms with Crippen molar-refractivity contribution >= 4 is 22.4 Å². The number of nitrogens with zero attached hydrogens (tertiary/aromatic N) is 1. The smallest absolute Gasteiger partial charge is 0.240 e. The van der Waals surface area contributed by atoms with Crippen molar-refractivity contribution in [3.8, 4) is 0 Å². The van der Waals surface area contributed by atoms with Crippen LogP contribution in [0.4, 0.5) is 5.13 Å². The van der Waals surface area contributed by atoms with Gasteiger partial charge >= 0.3 is 0 Å². The Morgan fingerprint density at radius 3 is 2.43 bits per heavy atom. The second-order valence-electron chi connectivity index (χ2n) is 7.39. The summed E-state index contributed by atoms with van der Waals surface area (Å²) in [6.45, 7) is 2.37. The first kappa shape index (κ1) is 13.7. The van der Waals surface area contributed by atoms with Gasteiger partial charge in [0.25, 0.3) is 0 Å². The summed E-state index contributed by atoms with van der Waals surface area (Å²) in [7, 11) is 0. The first-order chi connectivity index (χ1) is 10.1. The minimum Gasteiger partial charge on any atom is -0.303 e. The van der Waals surface area contributed by atoms with Crippen molar-refractivity contribution in [1.29, 1.82) is 0 Å². The molecule has 4 aliphatic carbocycles. The third-order valence-electron chi connectivity index (χ3n) is 5.53. The highest BCUT2D eigenvalue weighted by Gasteiger charge is 2.50. The van der Waals surface area contributed by atoms with Gasteiger partial charge < -0.3 is 10.6 Å². The largest absolute Gasteiger partial charge is 0.303 e. The molecule has 2 N–H and O–H groups in total. The van der Waals surface area contributed by atoms with E-state index in [0.717, 1.165) is 23.4 Å². The Kier molecular flexibility index (Phi) is 3.30. The number of aryl methyl sites for hydroxylation is 1. The van der Waals surface area contributed by atoms with E-state index in [0.29, 0.717) is 11.7 Å². The molecular formula is C16H23N3OS. The van der Waals surface area contributed by atoms with Crippen molar-refractivity contribution in [2.45, 2.75) is 51.0 Å². The topological polar surface area (TPSA) is 54.0 Å². The Labute approximate surface area is 129 Å². The maximum absolute atomic E-state index is 12.1. The van der Waals surface area contributed by atoms with Crippen LogP contribution in [-0.2, 0) is 4.79 Å². The van der Waals surface area contributed by atoms with Crippen molar-refractivity contribution in [1.82, 2.24) is 10.3 Å². The first-order valence-corrected chi connectivity index (χ1v) is 8.95. The van der Waals surface area contributed by atoms with Gasteiger partial charge in [0.1, 0.15) is 0 Å². The minimum atomic E-state index is 0.0418. The summed E-state index contributed by atoms with van der Waals surface area (Å²) >= 11 is 1.49. The van der Waals surface area contributed by atoms with E-state index in [4.69, 9.17) is 0 Å². The predicted octanol–water partition coefficient (Wildman–Crippen LogP) is 2.95. The third-order valence-corrected chi connectivity index (χ3v) is 6.40. The molecule has 0 spiro atoms. The average molecular weight is 305 g/mol. The predicted molar refractivity (Wildman–Crippen MR) is 84.4 cm³/mol. The van der Waals surface area contributed by atoms with E-state index in [1.165, 1.54) is 49.9 Å². The van der Waals surface area contributed by atoms with Gasteiger partial charge in [-0.1, -0.05) is 0 Å². The number of rotatable bonds is 4. The van der Waals surface area contributed by atoms with Gasteiger partial charge in [0.15, 0.2) is 5.13 Å². The SMILES string of the molecule is Cc1csc(NC(=O)CNC23CC4CC(CC(C4)C2)C3)n1. The van der Waals surface area contributed by atoms with Gasteiger partial charge in [-0.15, -0.1) is 11.3 Å². The van der Waals surface area contributed by atoms with E-state index in [1.807, 2.05) is 12.3 Å². The quantitative estimate of drug-likeness (QED) is 0.899. The molecule has 4 saturated carbocycles. The van der Waals surface area contributed by atoms with Crippen molar-refractivity contribution in [3.63, 3.8) is 0 Å². The molecule has 1 amide bonds. The molecule has 1 heterocycles. The van der Waals surface area contributed by atoms with E-state index in [9.17, 15) is 4.79 Å². The number of anilines is 1. The molecule has 4 aliphatic rings. The van der Waals surface area contributed by atoms with Gasteiger partial charge in [0.05, 0.1) is 12.2 Å². The summed E-state index contributed by atoms with van der Waals surface area (Å²) in [6, 6.07) is 0. The maximum atomic E-state index is 12.1. The summed E-state index contributed by atoms with van der Waals surface area (Å²) in [5.41, 5.74) is 1.22. The summed E-state index contributed by atoms with van der Waals surface area (Å²) in [4.78, 5) is 16.4. The molecule has 4 fully saturated rings. The van der Waals surface area contributed by atoms with Gasteiger partial charge in [-0.2, -0.15) is 0 Å². The number of thiazole rings is 1. The van der Waals surface area contributed by atoms with E-state index in [1.54, 1.807) is 0 Å². The highest BCUT2D eigenvalue weighted by molar-refractivity contribution is 7.13. The molecule has 1 aromatic rings. The van der Waals surface area contributed by atoms with Crippen LogP contribution in [0.1, 0.15) is 44.2 Å². The molecule has 0 aromatic carbocycles. The van der Waals surface area contributed by atoms with Crippen molar-refractivity contribution in [2.75, 3.05) is 11.9 Å². The van der Waals surface area contributed by atoms with Crippen LogP contribution >= 0.6 is 11.3 Å². The normalized spacial score (nSPS) is 36.9. The zero-order chi connectivity index (χ0) is 14.4. The van der Waals surface area contributed by atoms with Gasteiger partial charge in [-0.05, 0) is 63.2 Å². The van der Waals surface area contributed by atoms with E-state index in [-0.39, 0.29) is 11.4 Å². The second kappa shape index (κ2) is 5.06. The molecular weight excluding hydrogens is 282 g/mol. The molecule has 4 bridgehead atoms. The number of carbonyl (C=O) groups excluding carboxylic acids is 1. The number of amides is 1. The first-order valence-electron chi connectivity index (χ1n) is 8.07. The Balaban J connectivity index is 1.35. The number of nitrogens with one attached hydrogen (secondary N) is 2. The van der Waals surface area contributed by atoms with Gasteiger partial charge in [0.2, 0.25) is 5.91 Å². The van der Waals surface area contributed by atoms with Crippen LogP contribution in [0.5, 0.6) is 0 Å². The van der Waals surface area contributed by atoms with Crippen molar-refractivity contribution in [3.05, 3.63) is 11.1 Å². The standard InChI is InChI=1S/C16H23N3OS/c1-10-9-21-15(18-10)19-14(20)8-17-16-5-11-2-12(6-16)4-13(3-11)7-16/h9,11-13,17H,2-8H2,1H3,(H,18,19,20). The Morgan fingerprint density at radius 1 is 1.29 bits per heavy atom. The molecule has 0 unspecified atom stereocenters. The summed E-state index contributed by atoms with van der Waals surface area (Å²) in [5, 5.41) is 9.19. The van der Waals surface area contributed by atoms with Crippen LogP contribution in [0.3, 0.4) is 0 Å². The molecule has 1 aromatic heterocycles. The lowest BCUT2D eigenvalue weighted by Crippen LogP contribution is -2.59. The Bertz CT molecular complexity index is 518. The second-order valence-corrected chi connectivity index (χ2v) is 8.25. The molecule has 0 aliphatic heterocycles.